The number of benzene rings is 1. The monoisotopic (exact) mass is 827 g/mol. The van der Waals surface area contributed by atoms with Crippen LogP contribution in [0, 0.1) is 17.8 Å². The molecule has 316 valence electrons. The van der Waals surface area contributed by atoms with Crippen LogP contribution in [0.1, 0.15) is 78.6 Å². The Balaban J connectivity index is 1.21. The maximum absolute atomic E-state index is 14.9. The highest BCUT2D eigenvalue weighted by Gasteiger charge is 2.64. The number of carbonyl (C=O) groups excluding carboxylic acids is 4. The van der Waals surface area contributed by atoms with Crippen LogP contribution < -0.4 is 24.8 Å². The second kappa shape index (κ2) is 16.3. The van der Waals surface area contributed by atoms with Gasteiger partial charge in [-0.25, -0.2) is 22.6 Å². The summed E-state index contributed by atoms with van der Waals surface area (Å²) in [5, 5.41) is 7.10. The third-order valence-electron chi connectivity index (χ3n) is 12.6. The van der Waals surface area contributed by atoms with E-state index in [0.717, 1.165) is 11.8 Å². The van der Waals surface area contributed by atoms with Crippen molar-refractivity contribution in [3.8, 4) is 11.6 Å². The number of nitrogens with zero attached hydrogens (tertiary/aromatic N) is 2. The van der Waals surface area contributed by atoms with E-state index >= 15 is 0 Å². The molecule has 0 spiro atoms. The number of pyridine rings is 1. The normalized spacial score (nSPS) is 31.3. The molecule has 15 nitrogen and oxygen atoms in total. The van der Waals surface area contributed by atoms with Crippen LogP contribution >= 0.6 is 0 Å². The van der Waals surface area contributed by atoms with Crippen LogP contribution in [-0.4, -0.2) is 110 Å². The van der Waals surface area contributed by atoms with Crippen LogP contribution in [0.4, 0.5) is 9.18 Å². The first-order valence-electron chi connectivity index (χ1n) is 20.2. The molecule has 17 heteroatoms. The smallest absolute Gasteiger partial charge is 0.408 e. The van der Waals surface area contributed by atoms with E-state index in [4.69, 9.17) is 18.9 Å². The van der Waals surface area contributed by atoms with Crippen molar-refractivity contribution in [1.29, 1.82) is 0 Å². The Morgan fingerprint density at radius 3 is 2.50 bits per heavy atom. The molecule has 4 fully saturated rings. The van der Waals surface area contributed by atoms with E-state index in [9.17, 15) is 32.0 Å². The van der Waals surface area contributed by atoms with Crippen molar-refractivity contribution >= 4 is 44.6 Å². The molecule has 2 saturated carbocycles. The highest BCUT2D eigenvalue weighted by atomic mass is 32.2. The Hall–Kier alpha value is -4.51. The molecule has 4 heterocycles. The molecule has 0 radical (unpaired) electrons. The minimum Gasteiger partial charge on any atom is -0.494 e. The van der Waals surface area contributed by atoms with Gasteiger partial charge in [0.15, 0.2) is 0 Å². The van der Waals surface area contributed by atoms with E-state index in [1.807, 2.05) is 50.3 Å². The van der Waals surface area contributed by atoms with Crippen molar-refractivity contribution in [3.05, 3.63) is 42.6 Å². The van der Waals surface area contributed by atoms with Crippen LogP contribution in [0.15, 0.2) is 42.6 Å². The van der Waals surface area contributed by atoms with Gasteiger partial charge < -0.3 is 34.5 Å². The van der Waals surface area contributed by atoms with Crippen molar-refractivity contribution in [2.75, 3.05) is 33.5 Å². The number of nitrogens with one attached hydrogen (secondary N) is 3. The lowest BCUT2D eigenvalue weighted by Gasteiger charge is -2.35. The first kappa shape index (κ1) is 41.6. The Bertz CT molecular complexity index is 2060. The van der Waals surface area contributed by atoms with Gasteiger partial charge in [-0.2, -0.15) is 0 Å². The molecule has 2 saturated heterocycles. The van der Waals surface area contributed by atoms with Crippen molar-refractivity contribution in [3.63, 3.8) is 0 Å². The number of sulfonamides is 1. The number of alkyl halides is 1. The van der Waals surface area contributed by atoms with Crippen molar-refractivity contribution < 1.29 is 50.9 Å². The molecular weight excluding hydrogens is 774 g/mol. The van der Waals surface area contributed by atoms with Crippen molar-refractivity contribution in [1.82, 2.24) is 25.2 Å². The number of halogens is 1. The molecule has 0 bridgehead atoms. The summed E-state index contributed by atoms with van der Waals surface area (Å²) in [4.78, 5) is 62.9. The number of fused-ring (bicyclic) bond motifs is 3. The second-order valence-electron chi connectivity index (χ2n) is 17.1. The van der Waals surface area contributed by atoms with E-state index in [1.54, 1.807) is 0 Å². The summed E-state index contributed by atoms with van der Waals surface area (Å²) in [6, 6.07) is 5.07. The number of hydrogen-bond acceptors (Lipinski definition) is 11. The number of amides is 4. The van der Waals surface area contributed by atoms with Crippen LogP contribution in [0.3, 0.4) is 0 Å². The van der Waals surface area contributed by atoms with E-state index < -0.39 is 80.5 Å². The Morgan fingerprint density at radius 1 is 1.09 bits per heavy atom. The molecule has 3 aliphatic heterocycles. The van der Waals surface area contributed by atoms with E-state index in [2.05, 4.69) is 27.3 Å². The molecule has 3 N–H and O–H groups in total. The highest BCUT2D eigenvalue weighted by Crippen LogP contribution is 2.48. The van der Waals surface area contributed by atoms with E-state index in [1.165, 1.54) is 18.2 Å². The number of rotatable bonds is 9. The molecule has 0 unspecified atom stereocenters. The summed E-state index contributed by atoms with van der Waals surface area (Å²) < 4.78 is 64.1. The zero-order valence-electron chi connectivity index (χ0n) is 33.5. The number of allylic oxidation sites excluding steroid dienone is 1. The fourth-order valence-corrected chi connectivity index (χ4v) is 10.0. The lowest BCUT2D eigenvalue weighted by Crippen LogP contribution is -2.59. The maximum Gasteiger partial charge on any atom is 0.408 e. The summed E-state index contributed by atoms with van der Waals surface area (Å²) in [6.07, 6.45) is 6.89. The Labute approximate surface area is 338 Å². The number of carbonyl (C=O) groups is 4. The fourth-order valence-electron chi connectivity index (χ4n) is 8.59. The van der Waals surface area contributed by atoms with E-state index in [0.29, 0.717) is 50.0 Å². The lowest BCUT2D eigenvalue weighted by molar-refractivity contribution is -0.142. The molecule has 2 aromatic rings. The molecule has 5 aliphatic rings. The van der Waals surface area contributed by atoms with Gasteiger partial charge in [0.25, 0.3) is 5.91 Å². The first-order valence-corrected chi connectivity index (χ1v) is 21.7. The molecule has 2 aliphatic carbocycles. The average molecular weight is 828 g/mol. The van der Waals surface area contributed by atoms with Crippen LogP contribution in [0.2, 0.25) is 0 Å². The van der Waals surface area contributed by atoms with Gasteiger partial charge in [0.1, 0.15) is 46.5 Å². The summed E-state index contributed by atoms with van der Waals surface area (Å²) in [5.41, 5.74) is -2.45. The Morgan fingerprint density at radius 2 is 1.81 bits per heavy atom. The van der Waals surface area contributed by atoms with Gasteiger partial charge in [0.2, 0.25) is 27.7 Å². The highest BCUT2D eigenvalue weighted by molar-refractivity contribution is 7.91. The number of aromatic nitrogens is 1. The number of hydrogen-bond donors (Lipinski definition) is 3. The van der Waals surface area contributed by atoms with Gasteiger partial charge in [-0.15, -0.1) is 0 Å². The van der Waals surface area contributed by atoms with Gasteiger partial charge in [0.05, 0.1) is 33.1 Å². The number of ether oxygens (including phenoxy) is 4. The Kier molecular flexibility index (Phi) is 11.7. The standard InChI is InChI=1S/C41H54FN5O10S/c1-25-9-5-6-10-27-21-41(27,37(50)46-58(52,53)40(24-42)13-14-40)45-34(48)31-20-28(56-35-30-12-8-7-11-29(30)32(54-4)22-43-35)23-47(31)36(49)33(26(2)19-25)44-38(51)57-39(3)15-17-55-18-16-39/h6-8,10-12,22,25-28,31,33H,5,9,13-21,23-24H2,1-4H3,(H,44,51)(H,45,48)(H,46,50)/b10-6-/t25-,26+,27+,28+,31-,33-,41+/m0/s1. The minimum absolute atomic E-state index is 0.0128. The second-order valence-corrected chi connectivity index (χ2v) is 19.2. The third kappa shape index (κ3) is 8.34. The molecule has 7 atom stereocenters. The summed E-state index contributed by atoms with van der Waals surface area (Å²) >= 11 is 0. The molecule has 1 aromatic carbocycles. The predicted molar refractivity (Wildman–Crippen MR) is 210 cm³/mol. The largest absolute Gasteiger partial charge is 0.494 e. The molecule has 1 aromatic heterocycles. The SMILES string of the molecule is COc1cnc(O[C@@H]2C[C@H]3C(=O)N[C@]4(C(=O)NS(=O)(=O)C5(CF)CC5)C[C@H]4/C=C\CC[C@H](C)C[C@@H](C)[C@H](NC(=O)OC4(C)CCOCC4)C(=O)N3C2)c2ccccc12. The molecule has 7 rings (SSSR count). The molecule has 4 amide bonds. The molecular formula is C41H54FN5O10S. The van der Waals surface area contributed by atoms with E-state index in [-0.39, 0.29) is 49.9 Å². The van der Waals surface area contributed by atoms with Crippen molar-refractivity contribution in [2.45, 2.75) is 113 Å². The van der Waals surface area contributed by atoms with Crippen LogP contribution in [0.5, 0.6) is 11.6 Å². The first-order chi connectivity index (χ1) is 27.6. The van der Waals surface area contributed by atoms with Gasteiger partial charge in [0, 0.05) is 36.0 Å². The molecule has 58 heavy (non-hydrogen) atoms. The van der Waals surface area contributed by atoms with Gasteiger partial charge in [-0.3, -0.25) is 19.1 Å². The average Bonchev–Trinajstić information content (AvgIpc) is 4.10. The quantitative estimate of drug-likeness (QED) is 0.309. The number of methoxy groups -OCH3 is 1. The van der Waals surface area contributed by atoms with Crippen LogP contribution in [0.25, 0.3) is 10.8 Å². The summed E-state index contributed by atoms with van der Waals surface area (Å²) in [7, 11) is -2.85. The maximum atomic E-state index is 14.9. The summed E-state index contributed by atoms with van der Waals surface area (Å²) in [5.74, 6) is -2.22. The third-order valence-corrected chi connectivity index (χ3v) is 14.8. The number of alkyl carbamates (subject to hydrolysis) is 1. The van der Waals surface area contributed by atoms with Crippen molar-refractivity contribution in [2.24, 2.45) is 17.8 Å². The van der Waals surface area contributed by atoms with Gasteiger partial charge >= 0.3 is 6.09 Å². The summed E-state index contributed by atoms with van der Waals surface area (Å²) in [6.45, 7) is 5.43. The van der Waals surface area contributed by atoms with Crippen LogP contribution in [-0.2, 0) is 33.9 Å². The zero-order valence-corrected chi connectivity index (χ0v) is 34.3. The predicted octanol–water partition coefficient (Wildman–Crippen LogP) is 4.09. The van der Waals surface area contributed by atoms with Gasteiger partial charge in [-0.1, -0.05) is 44.2 Å². The zero-order chi connectivity index (χ0) is 41.5. The lowest BCUT2D eigenvalue weighted by atomic mass is 9.88. The fraction of sp³-hybridized carbons (Fsp3) is 0.634. The minimum atomic E-state index is -4.39. The topological polar surface area (TPSA) is 192 Å². The van der Waals surface area contributed by atoms with Gasteiger partial charge in [-0.05, 0) is 63.4 Å².